The van der Waals surface area contributed by atoms with E-state index in [1.54, 1.807) is 23.7 Å². The van der Waals surface area contributed by atoms with E-state index in [9.17, 15) is 9.59 Å². The molecule has 1 amide bonds. The smallest absolute Gasteiger partial charge is 0.354 e. The lowest BCUT2D eigenvalue weighted by molar-refractivity contribution is -0.111. The van der Waals surface area contributed by atoms with Crippen LogP contribution < -0.4 is 5.32 Å². The van der Waals surface area contributed by atoms with Gasteiger partial charge in [-0.05, 0) is 12.1 Å². The van der Waals surface area contributed by atoms with Crippen LogP contribution >= 0.6 is 34.3 Å². The van der Waals surface area contributed by atoms with Crippen molar-refractivity contribution in [2.24, 2.45) is 0 Å². The van der Waals surface area contributed by atoms with Crippen molar-refractivity contribution in [3.05, 3.63) is 51.8 Å². The van der Waals surface area contributed by atoms with E-state index in [1.165, 1.54) is 35.9 Å². The minimum atomic E-state index is -0.460. The fraction of sp³-hybridized carbons (Fsp3) is 0.0588. The Bertz CT molecular complexity index is 1200. The molecule has 0 unspecified atom stereocenters. The van der Waals surface area contributed by atoms with E-state index in [1.807, 2.05) is 16.0 Å². The number of rotatable bonds is 5. The van der Waals surface area contributed by atoms with Crippen LogP contribution in [0, 0.1) is 0 Å². The number of fused-ring (bicyclic) bond motifs is 1. The van der Waals surface area contributed by atoms with Crippen LogP contribution in [0.2, 0.25) is 5.15 Å². The molecule has 0 bridgehead atoms. The maximum Gasteiger partial charge on any atom is 0.354 e. The lowest BCUT2D eigenvalue weighted by atomic mass is 10.2. The number of carbonyl (C=O) groups is 2. The van der Waals surface area contributed by atoms with Gasteiger partial charge in [0.2, 0.25) is 5.91 Å². The summed E-state index contributed by atoms with van der Waals surface area (Å²) in [6.07, 6.45) is 6.47. The van der Waals surface area contributed by atoms with Crippen molar-refractivity contribution < 1.29 is 14.3 Å². The van der Waals surface area contributed by atoms with E-state index >= 15 is 0 Å². The third-order valence-corrected chi connectivity index (χ3v) is 5.56. The molecule has 0 radical (unpaired) electrons. The summed E-state index contributed by atoms with van der Waals surface area (Å²) in [4.78, 5) is 35.9. The van der Waals surface area contributed by atoms with E-state index < -0.39 is 5.97 Å². The zero-order valence-electron chi connectivity index (χ0n) is 14.3. The monoisotopic (exact) mass is 433 g/mol. The molecule has 0 atom stereocenters. The maximum atomic E-state index is 12.2. The number of nitrogens with one attached hydrogen (secondary N) is 2. The number of thiazole rings is 2. The van der Waals surface area contributed by atoms with Gasteiger partial charge in [0.15, 0.2) is 15.2 Å². The lowest BCUT2D eigenvalue weighted by Gasteiger charge is -1.96. The molecule has 0 aliphatic heterocycles. The van der Waals surface area contributed by atoms with Gasteiger partial charge in [-0.15, -0.1) is 22.7 Å². The van der Waals surface area contributed by atoms with Crippen LogP contribution in [0.5, 0.6) is 0 Å². The molecule has 4 aromatic rings. The molecule has 4 aromatic heterocycles. The van der Waals surface area contributed by atoms with Crippen molar-refractivity contribution in [2.75, 3.05) is 12.4 Å². The Balaban J connectivity index is 1.45. The largest absolute Gasteiger partial charge is 0.464 e. The Morgan fingerprint density at radius 1 is 1.36 bits per heavy atom. The molecule has 0 aliphatic carbocycles. The first kappa shape index (κ1) is 18.4. The quantitative estimate of drug-likeness (QED) is 0.366. The molecule has 0 saturated heterocycles. The molecule has 142 valence electrons. The van der Waals surface area contributed by atoms with Gasteiger partial charge >= 0.3 is 5.97 Å². The van der Waals surface area contributed by atoms with Gasteiger partial charge in [0.05, 0.1) is 18.5 Å². The fourth-order valence-corrected chi connectivity index (χ4v) is 4.19. The number of ether oxygens (including phenoxy) is 1. The third kappa shape index (κ3) is 3.57. The Morgan fingerprint density at radius 2 is 2.21 bits per heavy atom. The summed E-state index contributed by atoms with van der Waals surface area (Å²) >= 11 is 8.84. The van der Waals surface area contributed by atoms with Gasteiger partial charge in [-0.1, -0.05) is 11.6 Å². The van der Waals surface area contributed by atoms with Crippen LogP contribution in [0.15, 0.2) is 35.3 Å². The van der Waals surface area contributed by atoms with Crippen LogP contribution in [-0.2, 0) is 9.53 Å². The number of imidazole rings is 1. The number of anilines is 1. The summed E-state index contributed by atoms with van der Waals surface area (Å²) < 4.78 is 6.47. The summed E-state index contributed by atoms with van der Waals surface area (Å²) in [6.45, 7) is 0. The van der Waals surface area contributed by atoms with Gasteiger partial charge in [-0.3, -0.25) is 14.5 Å². The number of hydrogen-bond donors (Lipinski definition) is 2. The maximum absolute atomic E-state index is 12.2. The highest BCUT2D eigenvalue weighted by molar-refractivity contribution is 7.15. The fourth-order valence-electron chi connectivity index (χ4n) is 2.46. The molecular formula is C17H12ClN5O3S2. The summed E-state index contributed by atoms with van der Waals surface area (Å²) in [6, 6.07) is 1.64. The standard InChI is InChI=1S/C17H12ClN5O3S2/c1-26-15(25)10-6-9(7-19-10)11-8-28-16(20-11)21-13(24)3-2-12-14(18)22-17-23(12)4-5-27-17/h2-8,19H,1H3,(H,20,21,24). The van der Waals surface area contributed by atoms with Gasteiger partial charge in [-0.25, -0.2) is 14.8 Å². The van der Waals surface area contributed by atoms with Crippen molar-refractivity contribution in [2.45, 2.75) is 0 Å². The molecule has 0 aromatic carbocycles. The zero-order chi connectivity index (χ0) is 19.7. The first-order valence-corrected chi connectivity index (χ1v) is 10.0. The number of methoxy groups -OCH3 is 1. The average Bonchev–Trinajstić information content (AvgIpc) is 3.44. The van der Waals surface area contributed by atoms with E-state index in [-0.39, 0.29) is 5.91 Å². The SMILES string of the molecule is COC(=O)c1cc(-c2csc(NC(=O)C=Cc3c(Cl)nc4sccn34)n2)c[nH]1. The molecule has 4 rings (SSSR count). The van der Waals surface area contributed by atoms with Crippen LogP contribution in [0.4, 0.5) is 5.13 Å². The molecule has 0 spiro atoms. The van der Waals surface area contributed by atoms with Gasteiger partial charge < -0.3 is 9.72 Å². The van der Waals surface area contributed by atoms with Crippen molar-refractivity contribution >= 4 is 62.3 Å². The first-order valence-electron chi connectivity index (χ1n) is 7.88. The minimum absolute atomic E-state index is 0.330. The molecule has 11 heteroatoms. The van der Waals surface area contributed by atoms with E-state index in [4.69, 9.17) is 11.6 Å². The molecule has 8 nitrogen and oxygen atoms in total. The zero-order valence-corrected chi connectivity index (χ0v) is 16.7. The van der Waals surface area contributed by atoms with Crippen LogP contribution in [-0.4, -0.2) is 38.3 Å². The number of amides is 1. The summed E-state index contributed by atoms with van der Waals surface area (Å²) in [5.41, 5.74) is 2.32. The van der Waals surface area contributed by atoms with Crippen molar-refractivity contribution in [1.29, 1.82) is 0 Å². The highest BCUT2D eigenvalue weighted by atomic mass is 35.5. The molecule has 28 heavy (non-hydrogen) atoms. The van der Waals surface area contributed by atoms with Gasteiger partial charge in [0.25, 0.3) is 0 Å². The molecule has 0 fully saturated rings. The van der Waals surface area contributed by atoms with Crippen molar-refractivity contribution in [1.82, 2.24) is 19.4 Å². The number of nitrogens with zero attached hydrogens (tertiary/aromatic N) is 3. The lowest BCUT2D eigenvalue weighted by Crippen LogP contribution is -2.07. The minimum Gasteiger partial charge on any atom is -0.464 e. The Hall–Kier alpha value is -2.95. The van der Waals surface area contributed by atoms with E-state index in [2.05, 4.69) is 25.0 Å². The number of H-pyrrole nitrogens is 1. The number of hydrogen-bond acceptors (Lipinski definition) is 7. The average molecular weight is 434 g/mol. The predicted molar refractivity (Wildman–Crippen MR) is 109 cm³/mol. The molecule has 2 N–H and O–H groups in total. The third-order valence-electron chi connectivity index (χ3n) is 3.77. The van der Waals surface area contributed by atoms with Crippen LogP contribution in [0.25, 0.3) is 22.3 Å². The van der Waals surface area contributed by atoms with Crippen molar-refractivity contribution in [3.8, 4) is 11.3 Å². The number of esters is 1. The molecular weight excluding hydrogens is 422 g/mol. The molecule has 4 heterocycles. The Kier molecular flexibility index (Phi) is 4.99. The van der Waals surface area contributed by atoms with E-state index in [0.29, 0.717) is 27.4 Å². The van der Waals surface area contributed by atoms with Crippen LogP contribution in [0.1, 0.15) is 16.2 Å². The summed E-state index contributed by atoms with van der Waals surface area (Å²) in [5, 5.41) is 7.15. The second-order valence-electron chi connectivity index (χ2n) is 5.50. The molecule has 0 aliphatic rings. The second kappa shape index (κ2) is 7.58. The van der Waals surface area contributed by atoms with Gasteiger partial charge in [0, 0.05) is 34.8 Å². The number of aromatic amines is 1. The number of halogens is 1. The Morgan fingerprint density at radius 3 is 3.04 bits per heavy atom. The second-order valence-corrected chi connectivity index (χ2v) is 7.59. The summed E-state index contributed by atoms with van der Waals surface area (Å²) in [7, 11) is 1.31. The predicted octanol–water partition coefficient (Wildman–Crippen LogP) is 3.94. The highest BCUT2D eigenvalue weighted by Crippen LogP contribution is 2.26. The van der Waals surface area contributed by atoms with Crippen molar-refractivity contribution in [3.63, 3.8) is 0 Å². The first-order chi connectivity index (χ1) is 13.5. The highest BCUT2D eigenvalue weighted by Gasteiger charge is 2.13. The topological polar surface area (TPSA) is 101 Å². The van der Waals surface area contributed by atoms with Gasteiger partial charge in [0.1, 0.15) is 5.69 Å². The van der Waals surface area contributed by atoms with Gasteiger partial charge in [-0.2, -0.15) is 0 Å². The number of aromatic nitrogens is 4. The normalized spacial score (nSPS) is 11.4. The Labute approximate surface area is 171 Å². The number of carbonyl (C=O) groups excluding carboxylic acids is 2. The van der Waals surface area contributed by atoms with Crippen LogP contribution in [0.3, 0.4) is 0 Å². The summed E-state index contributed by atoms with van der Waals surface area (Å²) in [5.74, 6) is -0.801. The molecule has 0 saturated carbocycles. The van der Waals surface area contributed by atoms with E-state index in [0.717, 1.165) is 10.5 Å².